The topological polar surface area (TPSA) is 34.9 Å². The molecule has 4 rings (SSSR count). The highest BCUT2D eigenvalue weighted by atomic mass is 32.2. The van der Waals surface area contributed by atoms with Crippen LogP contribution in [0.25, 0.3) is 10.2 Å². The fraction of sp³-hybridized carbons (Fsp3) is 0.538. The fourth-order valence-corrected chi connectivity index (χ4v) is 5.49. The highest BCUT2D eigenvalue weighted by Gasteiger charge is 2.26. The van der Waals surface area contributed by atoms with Crippen molar-refractivity contribution >= 4 is 33.3 Å². The molecule has 0 amide bonds. The normalized spacial score (nSPS) is 22.2. The maximum atomic E-state index is 12.7. The van der Waals surface area contributed by atoms with Gasteiger partial charge in [-0.05, 0) is 38.2 Å². The van der Waals surface area contributed by atoms with Gasteiger partial charge >= 0.3 is 0 Å². The zero-order chi connectivity index (χ0) is 12.3. The summed E-state index contributed by atoms with van der Waals surface area (Å²) in [6.45, 7) is 2.13. The van der Waals surface area contributed by atoms with Crippen LogP contribution in [-0.2, 0) is 12.8 Å². The Morgan fingerprint density at radius 3 is 3.17 bits per heavy atom. The van der Waals surface area contributed by atoms with Gasteiger partial charge in [0, 0.05) is 16.7 Å². The van der Waals surface area contributed by atoms with E-state index in [-0.39, 0.29) is 5.56 Å². The van der Waals surface area contributed by atoms with Crippen LogP contribution in [0.3, 0.4) is 0 Å². The summed E-state index contributed by atoms with van der Waals surface area (Å²) in [5.74, 6) is 1.07. The van der Waals surface area contributed by atoms with Gasteiger partial charge < -0.3 is 0 Å². The van der Waals surface area contributed by atoms with Crippen LogP contribution in [0.1, 0.15) is 36.2 Å². The second-order valence-electron chi connectivity index (χ2n) is 5.09. The lowest BCUT2D eigenvalue weighted by molar-refractivity contribution is 0.458. The summed E-state index contributed by atoms with van der Waals surface area (Å²) in [4.78, 5) is 19.8. The van der Waals surface area contributed by atoms with E-state index in [4.69, 9.17) is 4.98 Å². The maximum absolute atomic E-state index is 12.7. The maximum Gasteiger partial charge on any atom is 0.263 e. The molecule has 0 N–H and O–H groups in total. The first-order valence-electron chi connectivity index (χ1n) is 6.45. The number of hydrogen-bond donors (Lipinski definition) is 0. The van der Waals surface area contributed by atoms with Gasteiger partial charge in [-0.1, -0.05) is 11.8 Å². The number of thioether (sulfide) groups is 1. The molecule has 1 atom stereocenters. The van der Waals surface area contributed by atoms with Crippen LogP contribution in [0.4, 0.5) is 0 Å². The molecule has 2 aromatic rings. The van der Waals surface area contributed by atoms with Crippen molar-refractivity contribution in [2.75, 3.05) is 5.75 Å². The van der Waals surface area contributed by atoms with Crippen LogP contribution in [0.5, 0.6) is 0 Å². The Bertz CT molecular complexity index is 701. The minimum Gasteiger partial charge on any atom is -0.284 e. The number of hydrogen-bond acceptors (Lipinski definition) is 4. The molecule has 0 radical (unpaired) electrons. The molecule has 1 aliphatic heterocycles. The highest BCUT2D eigenvalue weighted by molar-refractivity contribution is 7.99. The number of fused-ring (bicyclic) bond motifs is 4. The molecule has 94 valence electrons. The molecule has 18 heavy (non-hydrogen) atoms. The second-order valence-corrected chi connectivity index (χ2v) is 7.24. The summed E-state index contributed by atoms with van der Waals surface area (Å²) in [6.07, 6.45) is 4.46. The first-order chi connectivity index (χ1) is 8.75. The van der Waals surface area contributed by atoms with Gasteiger partial charge in [0.2, 0.25) is 0 Å². The zero-order valence-corrected chi connectivity index (χ0v) is 11.9. The van der Waals surface area contributed by atoms with Crippen LogP contribution >= 0.6 is 23.1 Å². The van der Waals surface area contributed by atoms with E-state index in [0.717, 1.165) is 40.4 Å². The molecule has 0 saturated carbocycles. The van der Waals surface area contributed by atoms with E-state index in [9.17, 15) is 4.79 Å². The average molecular weight is 278 g/mol. The van der Waals surface area contributed by atoms with Crippen molar-refractivity contribution in [3.05, 3.63) is 20.8 Å². The van der Waals surface area contributed by atoms with Crippen molar-refractivity contribution in [3.63, 3.8) is 0 Å². The minimum atomic E-state index is 0.203. The summed E-state index contributed by atoms with van der Waals surface area (Å²) in [7, 11) is 0. The Morgan fingerprint density at radius 2 is 2.28 bits per heavy atom. The van der Waals surface area contributed by atoms with E-state index in [1.165, 1.54) is 16.9 Å². The molecule has 0 bridgehead atoms. The first-order valence-corrected chi connectivity index (χ1v) is 8.25. The molecular weight excluding hydrogens is 264 g/mol. The number of rotatable bonds is 0. The summed E-state index contributed by atoms with van der Waals surface area (Å²) < 4.78 is 1.92. The van der Waals surface area contributed by atoms with Crippen LogP contribution in [-0.4, -0.2) is 15.3 Å². The molecule has 0 fully saturated rings. The Balaban J connectivity index is 2.11. The van der Waals surface area contributed by atoms with Crippen molar-refractivity contribution in [3.8, 4) is 0 Å². The summed E-state index contributed by atoms with van der Waals surface area (Å²) in [6, 6.07) is 0.294. The first kappa shape index (κ1) is 11.1. The van der Waals surface area contributed by atoms with Crippen LogP contribution < -0.4 is 5.56 Å². The number of aromatic nitrogens is 2. The van der Waals surface area contributed by atoms with Gasteiger partial charge in [-0.15, -0.1) is 11.3 Å². The molecule has 0 aromatic carbocycles. The molecule has 3 nitrogen and oxygen atoms in total. The Morgan fingerprint density at radius 1 is 1.39 bits per heavy atom. The molecule has 0 unspecified atom stereocenters. The molecule has 2 aromatic heterocycles. The summed E-state index contributed by atoms with van der Waals surface area (Å²) in [5.41, 5.74) is 1.50. The molecule has 2 aliphatic rings. The van der Waals surface area contributed by atoms with Gasteiger partial charge in [0.1, 0.15) is 4.83 Å². The van der Waals surface area contributed by atoms with E-state index in [0.29, 0.717) is 6.04 Å². The van der Waals surface area contributed by atoms with Gasteiger partial charge in [0.05, 0.1) is 5.39 Å². The van der Waals surface area contributed by atoms with Gasteiger partial charge in [0.15, 0.2) is 5.16 Å². The Kier molecular flexibility index (Phi) is 2.36. The van der Waals surface area contributed by atoms with E-state index >= 15 is 0 Å². The van der Waals surface area contributed by atoms with Crippen molar-refractivity contribution in [2.24, 2.45) is 0 Å². The quantitative estimate of drug-likeness (QED) is 0.695. The Labute approximate surface area is 113 Å². The molecule has 1 aliphatic carbocycles. The number of aryl methyl sites for hydroxylation is 2. The highest BCUT2D eigenvalue weighted by Crippen LogP contribution is 2.37. The number of nitrogens with zero attached hydrogens (tertiary/aromatic N) is 2. The Hall–Kier alpha value is -0.810. The predicted octanol–water partition coefficient (Wildman–Crippen LogP) is 3.00. The van der Waals surface area contributed by atoms with Crippen molar-refractivity contribution in [1.29, 1.82) is 0 Å². The SMILES string of the molecule is C[C@@H]1CCSc2nc3sc4c(c3c(=O)n21)CCC4. The average Bonchev–Trinajstić information content (AvgIpc) is 2.88. The summed E-state index contributed by atoms with van der Waals surface area (Å²) in [5, 5.41) is 1.84. The smallest absolute Gasteiger partial charge is 0.263 e. The monoisotopic (exact) mass is 278 g/mol. The largest absolute Gasteiger partial charge is 0.284 e. The third kappa shape index (κ3) is 1.37. The van der Waals surface area contributed by atoms with Crippen LogP contribution in [0.2, 0.25) is 0 Å². The van der Waals surface area contributed by atoms with E-state index in [1.54, 1.807) is 23.1 Å². The van der Waals surface area contributed by atoms with Crippen LogP contribution in [0.15, 0.2) is 9.95 Å². The fourth-order valence-electron chi connectivity index (χ4n) is 2.98. The van der Waals surface area contributed by atoms with Gasteiger partial charge in [-0.25, -0.2) is 4.98 Å². The lowest BCUT2D eigenvalue weighted by Gasteiger charge is -2.23. The van der Waals surface area contributed by atoms with Crippen molar-refractivity contribution in [2.45, 2.75) is 43.8 Å². The second kappa shape index (κ2) is 3.84. The van der Waals surface area contributed by atoms with E-state index < -0.39 is 0 Å². The molecule has 5 heteroatoms. The van der Waals surface area contributed by atoms with Crippen molar-refractivity contribution < 1.29 is 0 Å². The standard InChI is InChI=1S/C13H14N2OS2/c1-7-5-6-17-13-14-11-10(12(16)15(7)13)8-3-2-4-9(8)18-11/h7H,2-6H2,1H3/t7-/m1/s1. The van der Waals surface area contributed by atoms with E-state index in [2.05, 4.69) is 6.92 Å². The van der Waals surface area contributed by atoms with Crippen molar-refractivity contribution in [1.82, 2.24) is 9.55 Å². The summed E-state index contributed by atoms with van der Waals surface area (Å²) >= 11 is 3.46. The molecular formula is C13H14N2OS2. The molecule has 3 heterocycles. The predicted molar refractivity (Wildman–Crippen MR) is 76.0 cm³/mol. The van der Waals surface area contributed by atoms with E-state index in [1.807, 2.05) is 4.57 Å². The van der Waals surface area contributed by atoms with Gasteiger partial charge in [-0.2, -0.15) is 0 Å². The number of thiophene rings is 1. The van der Waals surface area contributed by atoms with Gasteiger partial charge in [-0.3, -0.25) is 9.36 Å². The molecule has 0 spiro atoms. The lowest BCUT2D eigenvalue weighted by Crippen LogP contribution is -2.29. The van der Waals surface area contributed by atoms with Gasteiger partial charge in [0.25, 0.3) is 5.56 Å². The minimum absolute atomic E-state index is 0.203. The zero-order valence-electron chi connectivity index (χ0n) is 10.2. The van der Waals surface area contributed by atoms with Crippen LogP contribution in [0, 0.1) is 0 Å². The third-order valence-corrected chi connectivity index (χ3v) is 6.12. The molecule has 0 saturated heterocycles. The third-order valence-electron chi connectivity index (χ3n) is 3.95. The lowest BCUT2D eigenvalue weighted by atomic mass is 10.2.